The molecule has 0 spiro atoms. The van der Waals surface area contributed by atoms with Crippen molar-refractivity contribution in [3.8, 4) is 22.6 Å². The van der Waals surface area contributed by atoms with E-state index in [0.29, 0.717) is 28.7 Å². The van der Waals surface area contributed by atoms with Gasteiger partial charge in [0.25, 0.3) is 0 Å². The Morgan fingerprint density at radius 2 is 1.82 bits per heavy atom. The quantitative estimate of drug-likeness (QED) is 0.348. The van der Waals surface area contributed by atoms with Crippen molar-refractivity contribution in [2.75, 3.05) is 21.2 Å². The number of carbonyl (C=O) groups excluding carboxylic acids is 6. The number of rotatable bonds is 5. The highest BCUT2D eigenvalue weighted by Gasteiger charge is 2.69. The second-order valence-electron chi connectivity index (χ2n) is 10.8. The summed E-state index contributed by atoms with van der Waals surface area (Å²) in [6.45, 7) is 0. The van der Waals surface area contributed by atoms with Crippen molar-refractivity contribution >= 4 is 35.3 Å². The maximum atomic E-state index is 13.9. The number of amides is 1. The molecule has 1 amide bonds. The fourth-order valence-corrected chi connectivity index (χ4v) is 6.87. The highest BCUT2D eigenvalue weighted by molar-refractivity contribution is 6.32. The van der Waals surface area contributed by atoms with E-state index in [9.17, 15) is 39.0 Å². The zero-order valence-corrected chi connectivity index (χ0v) is 22.0. The Hall–Kier alpha value is -4.22. The Labute approximate surface area is 228 Å². The number of carbonyl (C=O) groups is 6. The second-order valence-corrected chi connectivity index (χ2v) is 10.8. The maximum absolute atomic E-state index is 13.9. The summed E-state index contributed by atoms with van der Waals surface area (Å²) in [7, 11) is 4.48. The number of hydrogen-bond acceptors (Lipinski definition) is 10. The summed E-state index contributed by atoms with van der Waals surface area (Å²) in [5.41, 5.74) is 4.28. The Kier molecular flexibility index (Phi) is 6.47. The van der Waals surface area contributed by atoms with Gasteiger partial charge in [-0.25, -0.2) is 0 Å². The van der Waals surface area contributed by atoms with Crippen molar-refractivity contribution in [3.05, 3.63) is 47.0 Å². The Bertz CT molecular complexity index is 1510. The van der Waals surface area contributed by atoms with E-state index in [2.05, 4.69) is 0 Å². The van der Waals surface area contributed by atoms with Crippen LogP contribution in [-0.4, -0.2) is 83.3 Å². The molecule has 5 rings (SSSR count). The Balaban J connectivity index is 1.66. The van der Waals surface area contributed by atoms with Gasteiger partial charge in [0.1, 0.15) is 11.5 Å². The first-order valence-corrected chi connectivity index (χ1v) is 12.7. The van der Waals surface area contributed by atoms with E-state index in [1.54, 1.807) is 24.3 Å². The van der Waals surface area contributed by atoms with Crippen molar-refractivity contribution in [1.29, 1.82) is 0 Å². The average Bonchev–Trinajstić information content (AvgIpc) is 2.90. The van der Waals surface area contributed by atoms with Gasteiger partial charge in [-0.1, -0.05) is 12.1 Å². The lowest BCUT2D eigenvalue weighted by Crippen LogP contribution is -2.74. The van der Waals surface area contributed by atoms with E-state index in [0.717, 1.165) is 0 Å². The van der Waals surface area contributed by atoms with Crippen LogP contribution < -0.4 is 10.5 Å². The summed E-state index contributed by atoms with van der Waals surface area (Å²) in [6, 6.07) is 6.62. The topological polar surface area (TPSA) is 181 Å². The highest BCUT2D eigenvalue weighted by Crippen LogP contribution is 2.51. The number of likely N-dealkylation sites (N-methyl/N-ethyl adjacent to an activating group) is 1. The molecule has 0 radical (unpaired) electrons. The minimum Gasteiger partial charge on any atom is -0.507 e. The Morgan fingerprint density at radius 3 is 2.42 bits per heavy atom. The molecule has 0 saturated heterocycles. The molecule has 6 atom stereocenters. The van der Waals surface area contributed by atoms with Crippen LogP contribution in [0.2, 0.25) is 0 Å². The van der Waals surface area contributed by atoms with E-state index in [4.69, 9.17) is 10.5 Å². The molecule has 40 heavy (non-hydrogen) atoms. The molecular weight excluding hydrogens is 520 g/mol. The number of hydrogen-bond donors (Lipinski definition) is 3. The molecule has 2 saturated carbocycles. The molecule has 3 aliphatic carbocycles. The van der Waals surface area contributed by atoms with Crippen LogP contribution in [0, 0.1) is 23.7 Å². The fourth-order valence-electron chi connectivity index (χ4n) is 6.87. The minimum absolute atomic E-state index is 0.0544. The standard InChI is InChI=1S/C29H28N2O9/c1-31(2)23-17-10-13-9-16-15(12-4-7-19(40-3)14(8-12)11-32)5-6-18(33)21(16)24(34)20(13)26(36)29(17,39)27(37)22(25(23)35)28(30)38/h4-8,11,13,17,20,22-23,33,39H,9-10H2,1-3H3,(H2,30,38). The molecule has 0 heterocycles. The van der Waals surface area contributed by atoms with Crippen LogP contribution in [0.25, 0.3) is 11.1 Å². The lowest BCUT2D eigenvalue weighted by Gasteiger charge is -2.52. The fraction of sp³-hybridized carbons (Fsp3) is 0.379. The molecule has 208 valence electrons. The largest absolute Gasteiger partial charge is 0.507 e. The number of primary amides is 1. The summed E-state index contributed by atoms with van der Waals surface area (Å²) in [6.07, 6.45) is 0.689. The van der Waals surface area contributed by atoms with E-state index in [1.807, 2.05) is 0 Å². The van der Waals surface area contributed by atoms with E-state index in [1.165, 1.54) is 32.2 Å². The minimum atomic E-state index is -2.78. The van der Waals surface area contributed by atoms with Crippen LogP contribution in [0.5, 0.6) is 11.5 Å². The second kappa shape index (κ2) is 9.46. The van der Waals surface area contributed by atoms with Gasteiger partial charge in [0.15, 0.2) is 40.9 Å². The van der Waals surface area contributed by atoms with Gasteiger partial charge in [0.05, 0.1) is 30.2 Å². The lowest BCUT2D eigenvalue weighted by atomic mass is 9.52. The maximum Gasteiger partial charge on any atom is 0.235 e. The van der Waals surface area contributed by atoms with Crippen LogP contribution in [0.15, 0.2) is 30.3 Å². The molecule has 4 N–H and O–H groups in total. The van der Waals surface area contributed by atoms with Crippen LogP contribution >= 0.6 is 0 Å². The van der Waals surface area contributed by atoms with Gasteiger partial charge < -0.3 is 20.7 Å². The molecule has 6 unspecified atom stereocenters. The predicted molar refractivity (Wildman–Crippen MR) is 139 cm³/mol. The number of phenolic OH excluding ortho intramolecular Hbond substituents is 1. The zero-order valence-electron chi connectivity index (χ0n) is 22.0. The molecule has 2 aromatic carbocycles. The molecule has 11 nitrogen and oxygen atoms in total. The van der Waals surface area contributed by atoms with Gasteiger partial charge >= 0.3 is 0 Å². The third-order valence-electron chi connectivity index (χ3n) is 8.61. The van der Waals surface area contributed by atoms with Gasteiger partial charge in [0.2, 0.25) is 5.91 Å². The number of aromatic hydroxyl groups is 1. The van der Waals surface area contributed by atoms with Crippen molar-refractivity contribution in [3.63, 3.8) is 0 Å². The third kappa shape index (κ3) is 3.65. The molecule has 11 heteroatoms. The van der Waals surface area contributed by atoms with Crippen molar-refractivity contribution < 1.29 is 43.7 Å². The van der Waals surface area contributed by atoms with Crippen LogP contribution in [0.4, 0.5) is 0 Å². The lowest BCUT2D eigenvalue weighted by molar-refractivity contribution is -0.181. The van der Waals surface area contributed by atoms with Crippen molar-refractivity contribution in [2.24, 2.45) is 29.4 Å². The summed E-state index contributed by atoms with van der Waals surface area (Å²) in [5, 5.41) is 22.4. The van der Waals surface area contributed by atoms with Crippen molar-refractivity contribution in [1.82, 2.24) is 4.90 Å². The monoisotopic (exact) mass is 548 g/mol. The van der Waals surface area contributed by atoms with Gasteiger partial charge in [-0.15, -0.1) is 0 Å². The molecular formula is C29H28N2O9. The number of aliphatic hydroxyl groups is 1. The molecule has 2 aromatic rings. The number of nitrogens with two attached hydrogens (primary N) is 1. The summed E-state index contributed by atoms with van der Waals surface area (Å²) in [4.78, 5) is 79.5. The van der Waals surface area contributed by atoms with Crippen LogP contribution in [0.3, 0.4) is 0 Å². The third-order valence-corrected chi connectivity index (χ3v) is 8.61. The number of ether oxygens (including phenoxy) is 1. The summed E-state index contributed by atoms with van der Waals surface area (Å²) in [5.74, 6) is -10.7. The summed E-state index contributed by atoms with van der Waals surface area (Å²) >= 11 is 0. The van der Waals surface area contributed by atoms with Gasteiger partial charge in [-0.05, 0) is 67.7 Å². The molecule has 0 aromatic heterocycles. The molecule has 3 aliphatic rings. The van der Waals surface area contributed by atoms with Crippen LogP contribution in [0.1, 0.15) is 32.7 Å². The average molecular weight is 549 g/mol. The number of phenols is 1. The molecule has 2 fully saturated rings. The van der Waals surface area contributed by atoms with E-state index >= 15 is 0 Å². The van der Waals surface area contributed by atoms with E-state index < -0.39 is 64.4 Å². The number of fused-ring (bicyclic) bond motifs is 3. The van der Waals surface area contributed by atoms with Crippen molar-refractivity contribution in [2.45, 2.75) is 24.5 Å². The normalized spacial score (nSPS) is 29.5. The SMILES string of the molecule is COc1ccc(-c2ccc(O)c3c2CC2CC4C(N(C)C)C(=O)C(C(N)=O)C(=O)C4(O)C(=O)C2C3=O)cc1C=O. The van der Waals surface area contributed by atoms with Gasteiger partial charge in [-0.2, -0.15) is 0 Å². The highest BCUT2D eigenvalue weighted by atomic mass is 16.5. The first-order chi connectivity index (χ1) is 18.9. The number of Topliss-reactive ketones (excluding diaryl/α,β-unsaturated/α-hetero) is 4. The number of benzene rings is 2. The zero-order chi connectivity index (χ0) is 29.3. The first-order valence-electron chi connectivity index (χ1n) is 12.7. The smallest absolute Gasteiger partial charge is 0.235 e. The number of nitrogens with zero attached hydrogens (tertiary/aromatic N) is 1. The Morgan fingerprint density at radius 1 is 1.12 bits per heavy atom. The van der Waals surface area contributed by atoms with Gasteiger partial charge in [0, 0.05) is 5.92 Å². The molecule has 0 bridgehead atoms. The van der Waals surface area contributed by atoms with Gasteiger partial charge in [-0.3, -0.25) is 33.7 Å². The number of aldehydes is 1. The molecule has 0 aliphatic heterocycles. The van der Waals surface area contributed by atoms with Crippen LogP contribution in [-0.2, 0) is 25.6 Å². The first kappa shape index (κ1) is 27.4. The number of methoxy groups -OCH3 is 1. The number of ketones is 4. The summed E-state index contributed by atoms with van der Waals surface area (Å²) < 4.78 is 5.21. The predicted octanol–water partition coefficient (Wildman–Crippen LogP) is 0.355. The van der Waals surface area contributed by atoms with E-state index in [-0.39, 0.29) is 29.7 Å².